The van der Waals surface area contributed by atoms with Crippen LogP contribution in [0.2, 0.25) is 0 Å². The number of fused-ring (bicyclic) bond motifs is 1. The van der Waals surface area contributed by atoms with Crippen LogP contribution in [0.5, 0.6) is 0 Å². The van der Waals surface area contributed by atoms with Gasteiger partial charge in [-0.2, -0.15) is 9.13 Å². The third kappa shape index (κ3) is 2.25. The van der Waals surface area contributed by atoms with Crippen molar-refractivity contribution in [1.82, 2.24) is 0 Å². The number of hydrogen-bond donors (Lipinski definition) is 0. The Morgan fingerprint density at radius 3 is 1.68 bits per heavy atom. The van der Waals surface area contributed by atoms with Gasteiger partial charge >= 0.3 is 11.6 Å². The lowest BCUT2D eigenvalue weighted by atomic mass is 9.98. The van der Waals surface area contributed by atoms with Gasteiger partial charge in [0, 0.05) is 29.2 Å². The fraction of sp³-hybridized carbons (Fsp3) is 0.455. The first-order chi connectivity index (χ1) is 11.6. The number of aromatic nitrogens is 2. The molecular weight excluding hydrogens is 308 g/mol. The summed E-state index contributed by atoms with van der Waals surface area (Å²) in [7, 11) is 4.25. The summed E-state index contributed by atoms with van der Waals surface area (Å²) in [6, 6.07) is 0. The molecule has 132 valence electrons. The van der Waals surface area contributed by atoms with Gasteiger partial charge in [-0.05, 0) is 65.2 Å². The van der Waals surface area contributed by atoms with Crippen LogP contribution in [0.25, 0.3) is 22.7 Å². The topological polar surface area (TPSA) is 20.9 Å². The van der Waals surface area contributed by atoms with Gasteiger partial charge in [-0.25, -0.2) is 0 Å². The van der Waals surface area contributed by atoms with Crippen LogP contribution >= 0.6 is 0 Å². The minimum absolute atomic E-state index is 0.928. The van der Waals surface area contributed by atoms with E-state index >= 15 is 0 Å². The molecule has 0 aliphatic carbocycles. The summed E-state index contributed by atoms with van der Waals surface area (Å²) in [6.45, 7) is 17.5. The lowest BCUT2D eigenvalue weighted by Gasteiger charge is -2.09. The molecule has 0 saturated carbocycles. The van der Waals surface area contributed by atoms with Gasteiger partial charge in [-0.3, -0.25) is 0 Å². The SMILES string of the molecule is Cc1c(C)c(C)[n+](C)c(-c2oc3c(C)c(C)c(C)c(C)c3[n+]2C)c1C. The van der Waals surface area contributed by atoms with E-state index in [1.165, 1.54) is 50.2 Å². The first-order valence-corrected chi connectivity index (χ1v) is 8.95. The molecule has 0 radical (unpaired) electrons. The molecule has 0 aliphatic rings. The molecule has 3 nitrogen and oxygen atoms in total. The Bertz CT molecular complexity index is 1010. The molecule has 25 heavy (non-hydrogen) atoms. The van der Waals surface area contributed by atoms with Crippen molar-refractivity contribution < 1.29 is 13.6 Å². The second kappa shape index (κ2) is 5.69. The zero-order valence-electron chi connectivity index (χ0n) is 17.3. The van der Waals surface area contributed by atoms with Crippen LogP contribution in [0, 0.1) is 55.4 Å². The van der Waals surface area contributed by atoms with Gasteiger partial charge in [0.25, 0.3) is 5.52 Å². The van der Waals surface area contributed by atoms with Crippen molar-refractivity contribution >= 4 is 11.1 Å². The molecule has 2 heterocycles. The number of oxazole rings is 1. The monoisotopic (exact) mass is 338 g/mol. The molecule has 0 atom stereocenters. The minimum Gasteiger partial charge on any atom is -0.393 e. The van der Waals surface area contributed by atoms with Gasteiger partial charge < -0.3 is 4.42 Å². The first kappa shape index (κ1) is 17.7. The van der Waals surface area contributed by atoms with E-state index in [1.807, 2.05) is 0 Å². The van der Waals surface area contributed by atoms with Crippen molar-refractivity contribution in [1.29, 1.82) is 0 Å². The van der Waals surface area contributed by atoms with E-state index in [4.69, 9.17) is 4.42 Å². The zero-order chi connectivity index (χ0) is 18.8. The molecule has 1 aromatic carbocycles. The Kier molecular flexibility index (Phi) is 4.02. The van der Waals surface area contributed by atoms with Crippen LogP contribution in [0.4, 0.5) is 0 Å². The molecular formula is C22H30N2O+2. The smallest absolute Gasteiger partial charge is 0.393 e. The van der Waals surface area contributed by atoms with Crippen LogP contribution in [-0.2, 0) is 14.1 Å². The maximum atomic E-state index is 6.49. The summed E-state index contributed by atoms with van der Waals surface area (Å²) >= 11 is 0. The third-order valence-corrected chi connectivity index (χ3v) is 6.50. The number of nitrogens with zero attached hydrogens (tertiary/aromatic N) is 2. The third-order valence-electron chi connectivity index (χ3n) is 6.50. The molecule has 0 amide bonds. The average molecular weight is 338 g/mol. The van der Waals surface area contributed by atoms with Gasteiger partial charge in [0.2, 0.25) is 5.58 Å². The maximum Gasteiger partial charge on any atom is 0.448 e. The molecule has 0 saturated heterocycles. The largest absolute Gasteiger partial charge is 0.448 e. The van der Waals surface area contributed by atoms with Crippen LogP contribution < -0.4 is 9.13 Å². The molecule has 0 bridgehead atoms. The summed E-state index contributed by atoms with van der Waals surface area (Å²) in [4.78, 5) is 0. The van der Waals surface area contributed by atoms with E-state index in [1.54, 1.807) is 0 Å². The Labute approximate surface area is 150 Å². The van der Waals surface area contributed by atoms with Gasteiger partial charge in [0.1, 0.15) is 14.1 Å². The van der Waals surface area contributed by atoms with E-state index in [0.717, 1.165) is 17.2 Å². The second-order valence-electron chi connectivity index (χ2n) is 7.51. The normalized spacial score (nSPS) is 11.6. The molecule has 3 aromatic rings. The van der Waals surface area contributed by atoms with Crippen molar-refractivity contribution in [2.75, 3.05) is 0 Å². The van der Waals surface area contributed by atoms with Crippen LogP contribution in [0.1, 0.15) is 44.6 Å². The Morgan fingerprint density at radius 2 is 1.08 bits per heavy atom. The molecule has 3 rings (SSSR count). The van der Waals surface area contributed by atoms with Crippen molar-refractivity contribution in [3.8, 4) is 11.6 Å². The van der Waals surface area contributed by atoms with Crippen molar-refractivity contribution in [3.63, 3.8) is 0 Å². The molecule has 0 fully saturated rings. The number of rotatable bonds is 1. The summed E-state index contributed by atoms with van der Waals surface area (Å²) in [5.41, 5.74) is 13.8. The Morgan fingerprint density at radius 1 is 0.560 bits per heavy atom. The van der Waals surface area contributed by atoms with E-state index in [-0.39, 0.29) is 0 Å². The quantitative estimate of drug-likeness (QED) is 0.609. The summed E-state index contributed by atoms with van der Waals surface area (Å²) < 4.78 is 11.0. The number of benzene rings is 1. The Balaban J connectivity index is 2.50. The summed E-state index contributed by atoms with van der Waals surface area (Å²) in [5.74, 6) is 0.928. The van der Waals surface area contributed by atoms with Crippen molar-refractivity contribution in [2.45, 2.75) is 55.4 Å². The van der Waals surface area contributed by atoms with E-state index < -0.39 is 0 Å². The fourth-order valence-corrected chi connectivity index (χ4v) is 3.97. The highest BCUT2D eigenvalue weighted by molar-refractivity contribution is 5.81. The van der Waals surface area contributed by atoms with Gasteiger partial charge in [-0.15, -0.1) is 0 Å². The van der Waals surface area contributed by atoms with E-state index in [0.29, 0.717) is 0 Å². The van der Waals surface area contributed by atoms with Crippen LogP contribution in [0.15, 0.2) is 4.42 Å². The predicted molar refractivity (Wildman–Crippen MR) is 102 cm³/mol. The van der Waals surface area contributed by atoms with E-state index in [2.05, 4.69) is 78.6 Å². The second-order valence-corrected chi connectivity index (χ2v) is 7.51. The van der Waals surface area contributed by atoms with Gasteiger partial charge in [0.05, 0.1) is 0 Å². The molecule has 3 heteroatoms. The lowest BCUT2D eigenvalue weighted by molar-refractivity contribution is -0.687. The number of hydrogen-bond acceptors (Lipinski definition) is 1. The fourth-order valence-electron chi connectivity index (χ4n) is 3.97. The predicted octanol–water partition coefficient (Wildman–Crippen LogP) is 4.22. The molecule has 0 spiro atoms. The van der Waals surface area contributed by atoms with Crippen LogP contribution in [-0.4, -0.2) is 0 Å². The molecule has 0 N–H and O–H groups in total. The Hall–Kier alpha value is -2.16. The highest BCUT2D eigenvalue weighted by Crippen LogP contribution is 2.32. The number of aryl methyl sites for hydroxylation is 3. The standard InChI is InChI=1S/C22H30N2O/c1-11-12(2)17(7)21-19(15(11)5)24(10)22(25-21)20-16(6)13(3)14(4)18(8)23(20)9/h1-10H3/q+2. The zero-order valence-corrected chi connectivity index (χ0v) is 17.3. The van der Waals surface area contributed by atoms with Gasteiger partial charge in [-0.1, -0.05) is 0 Å². The van der Waals surface area contributed by atoms with Crippen molar-refractivity contribution in [3.05, 3.63) is 44.6 Å². The highest BCUT2D eigenvalue weighted by atomic mass is 16.4. The maximum absolute atomic E-state index is 6.49. The van der Waals surface area contributed by atoms with Crippen molar-refractivity contribution in [2.24, 2.45) is 14.1 Å². The van der Waals surface area contributed by atoms with Crippen LogP contribution in [0.3, 0.4) is 0 Å². The minimum atomic E-state index is 0.928. The number of pyridine rings is 1. The summed E-state index contributed by atoms with van der Waals surface area (Å²) in [5, 5.41) is 0. The lowest BCUT2D eigenvalue weighted by Crippen LogP contribution is -2.41. The van der Waals surface area contributed by atoms with E-state index in [9.17, 15) is 0 Å². The average Bonchev–Trinajstić information content (AvgIpc) is 2.92. The van der Waals surface area contributed by atoms with Gasteiger partial charge in [0.15, 0.2) is 5.69 Å². The summed E-state index contributed by atoms with van der Waals surface area (Å²) in [6.07, 6.45) is 0. The first-order valence-electron chi connectivity index (χ1n) is 8.95. The molecule has 2 aromatic heterocycles. The molecule has 0 aliphatic heterocycles. The highest BCUT2D eigenvalue weighted by Gasteiger charge is 2.35. The molecule has 0 unspecified atom stereocenters.